The molecule has 4 nitrogen and oxygen atoms in total. The van der Waals surface area contributed by atoms with Gasteiger partial charge in [-0.2, -0.15) is 0 Å². The van der Waals surface area contributed by atoms with Crippen LogP contribution in [-0.4, -0.2) is 47.4 Å². The largest absolute Gasteiger partial charge is 0.389 e. The van der Waals surface area contributed by atoms with Crippen LogP contribution in [0.4, 0.5) is 0 Å². The molecule has 0 spiro atoms. The van der Waals surface area contributed by atoms with Gasteiger partial charge < -0.3 is 10.6 Å². The number of nitrogens with zero attached hydrogens (tertiary/aromatic N) is 2. The van der Waals surface area contributed by atoms with Gasteiger partial charge in [0.2, 0.25) is 5.91 Å². The molecule has 0 bridgehead atoms. The van der Waals surface area contributed by atoms with E-state index >= 15 is 0 Å². The molecule has 1 fully saturated rings. The minimum absolute atomic E-state index is 0.186. The highest BCUT2D eigenvalue weighted by Crippen LogP contribution is 2.19. The summed E-state index contributed by atoms with van der Waals surface area (Å²) < 4.78 is 0. The second-order valence-corrected chi connectivity index (χ2v) is 6.28. The van der Waals surface area contributed by atoms with Crippen LogP contribution < -0.4 is 5.73 Å². The number of rotatable bonds is 5. The van der Waals surface area contributed by atoms with E-state index in [-0.39, 0.29) is 5.91 Å². The lowest BCUT2D eigenvalue weighted by molar-refractivity contribution is -0.131. The molecule has 21 heavy (non-hydrogen) atoms. The number of hydrogen-bond acceptors (Lipinski definition) is 3. The molecule has 114 valence electrons. The van der Waals surface area contributed by atoms with Crippen molar-refractivity contribution in [3.63, 3.8) is 0 Å². The van der Waals surface area contributed by atoms with E-state index in [1.807, 2.05) is 29.0 Å². The molecule has 1 aliphatic heterocycles. The Morgan fingerprint density at radius 2 is 2.10 bits per heavy atom. The van der Waals surface area contributed by atoms with Crippen LogP contribution in [0.15, 0.2) is 18.2 Å². The predicted octanol–water partition coefficient (Wildman–Crippen LogP) is 2.03. The Bertz CT molecular complexity index is 544. The van der Waals surface area contributed by atoms with Crippen LogP contribution in [0.3, 0.4) is 0 Å². The van der Waals surface area contributed by atoms with Gasteiger partial charge in [-0.3, -0.25) is 9.69 Å². The van der Waals surface area contributed by atoms with Gasteiger partial charge in [0.15, 0.2) is 0 Å². The van der Waals surface area contributed by atoms with Gasteiger partial charge in [0, 0.05) is 30.2 Å². The standard InChI is InChI=1S/C15H20ClN3OS/c1-18(10-14(20)19-6-2-3-7-19)9-12-5-4-11(15(17)21)8-13(12)16/h4-5,8H,2-3,6-7,9-10H2,1H3,(H2,17,21). The number of carbonyl (C=O) groups is 1. The van der Waals surface area contributed by atoms with Crippen LogP contribution in [0, 0.1) is 0 Å². The fourth-order valence-electron chi connectivity index (χ4n) is 2.47. The van der Waals surface area contributed by atoms with Crippen LogP contribution in [0.5, 0.6) is 0 Å². The molecular formula is C15H20ClN3OS. The lowest BCUT2D eigenvalue weighted by atomic mass is 10.1. The number of thiocarbonyl (C=S) groups is 1. The average Bonchev–Trinajstić information content (AvgIpc) is 2.94. The fraction of sp³-hybridized carbons (Fsp3) is 0.467. The summed E-state index contributed by atoms with van der Waals surface area (Å²) in [5, 5.41) is 0.626. The monoisotopic (exact) mass is 325 g/mol. The topological polar surface area (TPSA) is 49.6 Å². The average molecular weight is 326 g/mol. The Labute approximate surface area is 135 Å². The number of likely N-dealkylation sites (N-methyl/N-ethyl adjacent to an activating group) is 1. The zero-order valence-corrected chi connectivity index (χ0v) is 13.7. The van der Waals surface area contributed by atoms with Crippen molar-refractivity contribution in [1.82, 2.24) is 9.80 Å². The summed E-state index contributed by atoms with van der Waals surface area (Å²) in [5.41, 5.74) is 7.31. The molecule has 6 heteroatoms. The zero-order valence-electron chi connectivity index (χ0n) is 12.1. The highest BCUT2D eigenvalue weighted by atomic mass is 35.5. The van der Waals surface area contributed by atoms with Crippen molar-refractivity contribution in [2.75, 3.05) is 26.7 Å². The van der Waals surface area contributed by atoms with Gasteiger partial charge in [-0.25, -0.2) is 0 Å². The third kappa shape index (κ3) is 4.40. The first-order valence-corrected chi connectivity index (χ1v) is 7.80. The molecule has 1 aromatic rings. The van der Waals surface area contributed by atoms with Crippen molar-refractivity contribution in [3.8, 4) is 0 Å². The van der Waals surface area contributed by atoms with Gasteiger partial charge in [0.1, 0.15) is 4.99 Å². The highest BCUT2D eigenvalue weighted by Gasteiger charge is 2.19. The molecule has 1 heterocycles. The van der Waals surface area contributed by atoms with Crippen LogP contribution in [0.1, 0.15) is 24.0 Å². The van der Waals surface area contributed by atoms with Crippen LogP contribution in [-0.2, 0) is 11.3 Å². The quantitative estimate of drug-likeness (QED) is 0.842. The van der Waals surface area contributed by atoms with Gasteiger partial charge in [0.05, 0.1) is 6.54 Å². The predicted molar refractivity (Wildman–Crippen MR) is 89.5 cm³/mol. The SMILES string of the molecule is CN(CC(=O)N1CCCC1)Cc1ccc(C(N)=S)cc1Cl. The number of nitrogens with two attached hydrogens (primary N) is 1. The van der Waals surface area contributed by atoms with Crippen molar-refractivity contribution >= 4 is 34.7 Å². The smallest absolute Gasteiger partial charge is 0.236 e. The van der Waals surface area contributed by atoms with E-state index in [0.717, 1.165) is 37.1 Å². The van der Waals surface area contributed by atoms with Crippen molar-refractivity contribution in [2.45, 2.75) is 19.4 Å². The molecule has 0 radical (unpaired) electrons. The minimum Gasteiger partial charge on any atom is -0.389 e. The molecule has 2 N–H and O–H groups in total. The summed E-state index contributed by atoms with van der Waals surface area (Å²) in [6.07, 6.45) is 2.23. The van der Waals surface area contributed by atoms with E-state index in [1.165, 1.54) is 0 Å². The van der Waals surface area contributed by atoms with E-state index in [4.69, 9.17) is 29.6 Å². The summed E-state index contributed by atoms with van der Waals surface area (Å²) in [6, 6.07) is 5.54. The zero-order chi connectivity index (χ0) is 15.4. The molecule has 0 unspecified atom stereocenters. The molecule has 0 saturated carbocycles. The maximum Gasteiger partial charge on any atom is 0.236 e. The first kappa shape index (κ1) is 16.2. The Hall–Kier alpha value is -1.17. The Morgan fingerprint density at radius 3 is 2.67 bits per heavy atom. The molecular weight excluding hydrogens is 306 g/mol. The minimum atomic E-state index is 0.186. The van der Waals surface area contributed by atoms with E-state index in [0.29, 0.717) is 23.1 Å². The molecule has 1 amide bonds. The first-order valence-electron chi connectivity index (χ1n) is 7.02. The normalized spacial score (nSPS) is 14.7. The van der Waals surface area contributed by atoms with Crippen molar-refractivity contribution < 1.29 is 4.79 Å². The third-order valence-electron chi connectivity index (χ3n) is 3.64. The molecule has 2 rings (SSSR count). The van der Waals surface area contributed by atoms with Gasteiger partial charge in [-0.05, 0) is 31.5 Å². The molecule has 1 aromatic carbocycles. The van der Waals surface area contributed by atoms with Gasteiger partial charge in [-0.15, -0.1) is 0 Å². The lowest BCUT2D eigenvalue weighted by Crippen LogP contribution is -2.37. The number of halogens is 1. The Balaban J connectivity index is 1.94. The van der Waals surface area contributed by atoms with Gasteiger partial charge in [-0.1, -0.05) is 36.0 Å². The van der Waals surface area contributed by atoms with E-state index < -0.39 is 0 Å². The van der Waals surface area contributed by atoms with E-state index in [1.54, 1.807) is 6.07 Å². The molecule has 1 aliphatic rings. The van der Waals surface area contributed by atoms with Crippen molar-refractivity contribution in [3.05, 3.63) is 34.3 Å². The number of carbonyl (C=O) groups excluding carboxylic acids is 1. The van der Waals surface area contributed by atoms with Crippen LogP contribution in [0.25, 0.3) is 0 Å². The molecule has 0 aliphatic carbocycles. The van der Waals surface area contributed by atoms with E-state index in [9.17, 15) is 4.79 Å². The number of hydrogen-bond donors (Lipinski definition) is 1. The highest BCUT2D eigenvalue weighted by molar-refractivity contribution is 7.80. The number of amides is 1. The summed E-state index contributed by atoms with van der Waals surface area (Å²) in [7, 11) is 1.92. The number of likely N-dealkylation sites (tertiary alicyclic amines) is 1. The summed E-state index contributed by atoms with van der Waals surface area (Å²) in [6.45, 7) is 2.80. The maximum absolute atomic E-state index is 12.1. The first-order chi connectivity index (χ1) is 9.97. The number of benzene rings is 1. The van der Waals surface area contributed by atoms with Crippen LogP contribution >= 0.6 is 23.8 Å². The van der Waals surface area contributed by atoms with Crippen molar-refractivity contribution in [2.24, 2.45) is 5.73 Å². The fourth-order valence-corrected chi connectivity index (χ4v) is 2.84. The summed E-state index contributed by atoms with van der Waals surface area (Å²) in [5.74, 6) is 0.186. The second-order valence-electron chi connectivity index (χ2n) is 5.43. The lowest BCUT2D eigenvalue weighted by Gasteiger charge is -2.21. The van der Waals surface area contributed by atoms with Crippen molar-refractivity contribution in [1.29, 1.82) is 0 Å². The summed E-state index contributed by atoms with van der Waals surface area (Å²) >= 11 is 11.2. The van der Waals surface area contributed by atoms with Crippen LogP contribution in [0.2, 0.25) is 5.02 Å². The molecule has 1 saturated heterocycles. The summed E-state index contributed by atoms with van der Waals surface area (Å²) in [4.78, 5) is 16.3. The molecule has 0 aromatic heterocycles. The Kier molecular flexibility index (Phi) is 5.56. The van der Waals surface area contributed by atoms with E-state index in [2.05, 4.69) is 0 Å². The second kappa shape index (κ2) is 7.20. The van der Waals surface area contributed by atoms with Gasteiger partial charge >= 0.3 is 0 Å². The Morgan fingerprint density at radius 1 is 1.43 bits per heavy atom. The third-order valence-corrected chi connectivity index (χ3v) is 4.23. The van der Waals surface area contributed by atoms with Gasteiger partial charge in [0.25, 0.3) is 0 Å². The molecule has 0 atom stereocenters. The maximum atomic E-state index is 12.1.